The smallest absolute Gasteiger partial charge is 0.407 e. The van der Waals surface area contributed by atoms with Crippen LogP contribution in [-0.4, -0.2) is 23.8 Å². The number of hydrogen-bond donors (Lipinski definition) is 1. The van der Waals surface area contributed by atoms with Crippen molar-refractivity contribution in [1.29, 1.82) is 0 Å². The van der Waals surface area contributed by atoms with Crippen LogP contribution in [0.5, 0.6) is 5.75 Å². The molecule has 2 amide bonds. The zero-order valence-corrected chi connectivity index (χ0v) is 15.6. The lowest BCUT2D eigenvalue weighted by atomic mass is 10.1. The van der Waals surface area contributed by atoms with Gasteiger partial charge in [0, 0.05) is 18.3 Å². The third-order valence-electron chi connectivity index (χ3n) is 3.86. The topological polar surface area (TPSA) is 77.0 Å². The lowest BCUT2D eigenvalue weighted by Gasteiger charge is -2.19. The van der Waals surface area contributed by atoms with Gasteiger partial charge in [0.1, 0.15) is 18.0 Å². The summed E-state index contributed by atoms with van der Waals surface area (Å²) in [6.45, 7) is 6.24. The van der Waals surface area contributed by atoms with Crippen LogP contribution in [0.2, 0.25) is 0 Å². The molecule has 1 aliphatic heterocycles. The number of aliphatic imine (C=N–C) groups is 1. The van der Waals surface area contributed by atoms with E-state index in [0.29, 0.717) is 24.5 Å². The highest BCUT2D eigenvalue weighted by Crippen LogP contribution is 2.25. The molecule has 0 radical (unpaired) electrons. The Balaban J connectivity index is 1.54. The van der Waals surface area contributed by atoms with E-state index in [9.17, 15) is 9.59 Å². The number of amides is 2. The molecule has 0 spiro atoms. The van der Waals surface area contributed by atoms with E-state index >= 15 is 0 Å². The summed E-state index contributed by atoms with van der Waals surface area (Å²) >= 11 is 0. The van der Waals surface area contributed by atoms with Crippen LogP contribution in [0.15, 0.2) is 47.5 Å². The van der Waals surface area contributed by atoms with Crippen LogP contribution in [0.4, 0.5) is 4.79 Å². The number of nitrogens with one attached hydrogen (secondary N) is 1. The molecule has 3 rings (SSSR count). The highest BCUT2D eigenvalue weighted by Gasteiger charge is 2.19. The van der Waals surface area contributed by atoms with Gasteiger partial charge < -0.3 is 14.8 Å². The molecule has 0 fully saturated rings. The van der Waals surface area contributed by atoms with Gasteiger partial charge in [0.25, 0.3) is 5.91 Å². The summed E-state index contributed by atoms with van der Waals surface area (Å²) in [5.74, 6) is 0.398. The van der Waals surface area contributed by atoms with Gasteiger partial charge in [-0.25, -0.2) is 9.79 Å². The molecule has 0 aliphatic carbocycles. The summed E-state index contributed by atoms with van der Waals surface area (Å²) in [6.07, 6.45) is 1.10. The number of alkyl carbamates (subject to hydrolysis) is 1. The Morgan fingerprint density at radius 2 is 1.78 bits per heavy atom. The molecule has 0 unspecified atom stereocenters. The van der Waals surface area contributed by atoms with Crippen molar-refractivity contribution in [2.24, 2.45) is 4.99 Å². The molecule has 6 nitrogen and oxygen atoms in total. The normalized spacial score (nSPS) is 12.6. The second kappa shape index (κ2) is 7.61. The first kappa shape index (κ1) is 18.6. The number of fused-ring (bicyclic) bond motifs is 1. The van der Waals surface area contributed by atoms with E-state index in [4.69, 9.17) is 9.47 Å². The maximum absolute atomic E-state index is 11.7. The Morgan fingerprint density at radius 3 is 2.48 bits per heavy atom. The molecule has 0 aromatic heterocycles. The predicted molar refractivity (Wildman–Crippen MR) is 102 cm³/mol. The van der Waals surface area contributed by atoms with Gasteiger partial charge in [0.2, 0.25) is 0 Å². The van der Waals surface area contributed by atoms with Crippen molar-refractivity contribution in [3.63, 3.8) is 0 Å². The molecule has 6 heteroatoms. The molecule has 2 aromatic carbocycles. The van der Waals surface area contributed by atoms with E-state index < -0.39 is 11.7 Å². The van der Waals surface area contributed by atoms with E-state index in [2.05, 4.69) is 10.3 Å². The quantitative estimate of drug-likeness (QED) is 0.872. The number of carbonyl (C=O) groups is 2. The predicted octanol–water partition coefficient (Wildman–Crippen LogP) is 3.86. The average molecular weight is 366 g/mol. The maximum atomic E-state index is 11.7. The Kier molecular flexibility index (Phi) is 5.26. The third-order valence-corrected chi connectivity index (χ3v) is 3.86. The van der Waals surface area contributed by atoms with Gasteiger partial charge in [-0.1, -0.05) is 30.3 Å². The van der Waals surface area contributed by atoms with Crippen LogP contribution in [0, 0.1) is 0 Å². The lowest BCUT2D eigenvalue weighted by Crippen LogP contribution is -2.32. The number of benzene rings is 2. The van der Waals surface area contributed by atoms with Gasteiger partial charge in [-0.3, -0.25) is 4.79 Å². The van der Waals surface area contributed by atoms with E-state index in [1.807, 2.05) is 51.1 Å². The van der Waals surface area contributed by atoms with Crippen molar-refractivity contribution >= 4 is 18.2 Å². The second-order valence-electron chi connectivity index (χ2n) is 7.24. The SMILES string of the molecule is CC(C)(C)OC(=O)NCc1ccc(COc2cccc3c2C=NC3=O)cc1. The Labute approximate surface area is 158 Å². The van der Waals surface area contributed by atoms with Crippen molar-refractivity contribution in [3.05, 3.63) is 64.7 Å². The lowest BCUT2D eigenvalue weighted by molar-refractivity contribution is 0.0523. The first-order valence-electron chi connectivity index (χ1n) is 8.71. The van der Waals surface area contributed by atoms with Gasteiger partial charge >= 0.3 is 6.09 Å². The fraction of sp³-hybridized carbons (Fsp3) is 0.286. The molecule has 1 N–H and O–H groups in total. The Bertz CT molecular complexity index is 880. The van der Waals surface area contributed by atoms with Crippen LogP contribution >= 0.6 is 0 Å². The van der Waals surface area contributed by atoms with Gasteiger partial charge in [-0.2, -0.15) is 0 Å². The van der Waals surface area contributed by atoms with Crippen molar-refractivity contribution in [3.8, 4) is 5.75 Å². The molecule has 0 saturated carbocycles. The molecular formula is C21H22N2O4. The number of carbonyl (C=O) groups excluding carboxylic acids is 2. The monoisotopic (exact) mass is 366 g/mol. The first-order valence-corrected chi connectivity index (χ1v) is 8.71. The summed E-state index contributed by atoms with van der Waals surface area (Å²) < 4.78 is 11.1. The molecule has 1 aliphatic rings. The second-order valence-corrected chi connectivity index (χ2v) is 7.24. The van der Waals surface area contributed by atoms with Crippen LogP contribution in [0.25, 0.3) is 0 Å². The Hall–Kier alpha value is -3.15. The minimum absolute atomic E-state index is 0.239. The minimum Gasteiger partial charge on any atom is -0.488 e. The molecule has 2 aromatic rings. The highest BCUT2D eigenvalue weighted by atomic mass is 16.6. The number of rotatable bonds is 5. The van der Waals surface area contributed by atoms with E-state index in [0.717, 1.165) is 16.7 Å². The number of nitrogens with zero attached hydrogens (tertiary/aromatic N) is 1. The number of hydrogen-bond acceptors (Lipinski definition) is 4. The Morgan fingerprint density at radius 1 is 1.07 bits per heavy atom. The van der Waals surface area contributed by atoms with E-state index in [1.54, 1.807) is 18.3 Å². The fourth-order valence-corrected chi connectivity index (χ4v) is 2.59. The standard InChI is InChI=1S/C21H22N2O4/c1-21(2,3)27-20(25)23-11-14-7-9-15(10-8-14)13-26-18-6-4-5-16-17(18)12-22-19(16)24/h4-10,12H,11,13H2,1-3H3,(H,23,25). The van der Waals surface area contributed by atoms with Crippen LogP contribution in [0.3, 0.4) is 0 Å². The highest BCUT2D eigenvalue weighted by molar-refractivity contribution is 6.14. The minimum atomic E-state index is -0.516. The van der Waals surface area contributed by atoms with E-state index in [-0.39, 0.29) is 5.91 Å². The molecule has 0 atom stereocenters. The molecule has 0 saturated heterocycles. The van der Waals surface area contributed by atoms with Crippen LogP contribution in [0.1, 0.15) is 47.8 Å². The van der Waals surface area contributed by atoms with E-state index in [1.165, 1.54) is 0 Å². The average Bonchev–Trinajstić information content (AvgIpc) is 2.99. The zero-order chi connectivity index (χ0) is 19.4. The van der Waals surface area contributed by atoms with Crippen LogP contribution in [-0.2, 0) is 17.9 Å². The summed E-state index contributed by atoms with van der Waals surface area (Å²) in [5.41, 5.74) is 2.72. The number of ether oxygens (including phenoxy) is 2. The summed E-state index contributed by atoms with van der Waals surface area (Å²) in [7, 11) is 0. The first-order chi connectivity index (χ1) is 12.8. The third kappa shape index (κ3) is 4.94. The largest absolute Gasteiger partial charge is 0.488 e. The van der Waals surface area contributed by atoms with Crippen molar-refractivity contribution < 1.29 is 19.1 Å². The summed E-state index contributed by atoms with van der Waals surface area (Å²) in [4.78, 5) is 27.1. The van der Waals surface area contributed by atoms with Gasteiger partial charge in [-0.15, -0.1) is 0 Å². The molecule has 1 heterocycles. The van der Waals surface area contributed by atoms with Gasteiger partial charge in [-0.05, 0) is 44.0 Å². The van der Waals surface area contributed by atoms with Gasteiger partial charge in [0.05, 0.1) is 5.56 Å². The zero-order valence-electron chi connectivity index (χ0n) is 15.6. The fourth-order valence-electron chi connectivity index (χ4n) is 2.59. The van der Waals surface area contributed by atoms with Crippen molar-refractivity contribution in [2.75, 3.05) is 0 Å². The molecular weight excluding hydrogens is 344 g/mol. The molecule has 140 valence electrons. The molecule has 0 bridgehead atoms. The maximum Gasteiger partial charge on any atom is 0.407 e. The molecule has 27 heavy (non-hydrogen) atoms. The van der Waals surface area contributed by atoms with Crippen molar-refractivity contribution in [1.82, 2.24) is 5.32 Å². The van der Waals surface area contributed by atoms with Crippen LogP contribution < -0.4 is 10.1 Å². The van der Waals surface area contributed by atoms with Crippen molar-refractivity contribution in [2.45, 2.75) is 39.5 Å². The summed E-state index contributed by atoms with van der Waals surface area (Å²) in [5, 5.41) is 2.73. The van der Waals surface area contributed by atoms with Gasteiger partial charge in [0.15, 0.2) is 0 Å². The summed E-state index contributed by atoms with van der Waals surface area (Å²) in [6, 6.07) is 13.1.